The van der Waals surface area contributed by atoms with Gasteiger partial charge in [0.25, 0.3) is 5.91 Å². The Balaban J connectivity index is 1.47. The van der Waals surface area contributed by atoms with E-state index < -0.39 is 0 Å². The van der Waals surface area contributed by atoms with Crippen LogP contribution in [0.3, 0.4) is 0 Å². The zero-order valence-electron chi connectivity index (χ0n) is 16.2. The minimum atomic E-state index is -0.259. The van der Waals surface area contributed by atoms with Crippen molar-refractivity contribution in [3.05, 3.63) is 77.4 Å². The third-order valence-corrected chi connectivity index (χ3v) is 5.15. The van der Waals surface area contributed by atoms with Gasteiger partial charge in [0, 0.05) is 25.7 Å². The molecule has 1 unspecified atom stereocenters. The first-order valence-electron chi connectivity index (χ1n) is 9.62. The molecule has 1 aliphatic heterocycles. The fourth-order valence-electron chi connectivity index (χ4n) is 3.67. The molecule has 1 amide bonds. The molecular weight excluding hydrogens is 373 g/mol. The van der Waals surface area contributed by atoms with Crippen molar-refractivity contribution < 1.29 is 18.3 Å². The van der Waals surface area contributed by atoms with Gasteiger partial charge in [-0.25, -0.2) is 14.4 Å². The number of piperidine rings is 1. The Kier molecular flexibility index (Phi) is 5.55. The highest BCUT2D eigenvalue weighted by Crippen LogP contribution is 2.29. The molecule has 1 aromatic carbocycles. The van der Waals surface area contributed by atoms with Crippen molar-refractivity contribution in [2.75, 3.05) is 20.2 Å². The summed E-state index contributed by atoms with van der Waals surface area (Å²) in [4.78, 5) is 23.3. The molecule has 150 valence electrons. The van der Waals surface area contributed by atoms with E-state index in [1.807, 2.05) is 0 Å². The first kappa shape index (κ1) is 19.1. The Labute approximate surface area is 168 Å². The van der Waals surface area contributed by atoms with Crippen molar-refractivity contribution >= 4 is 5.91 Å². The molecule has 7 heteroatoms. The maximum atomic E-state index is 13.9. The van der Waals surface area contributed by atoms with Crippen molar-refractivity contribution in [1.29, 1.82) is 0 Å². The zero-order chi connectivity index (χ0) is 20.2. The van der Waals surface area contributed by atoms with Crippen molar-refractivity contribution in [3.63, 3.8) is 0 Å². The summed E-state index contributed by atoms with van der Waals surface area (Å²) in [6, 6.07) is 10.1. The van der Waals surface area contributed by atoms with Gasteiger partial charge in [0.1, 0.15) is 17.1 Å². The molecule has 0 spiro atoms. The number of hydrogen-bond acceptors (Lipinski definition) is 5. The van der Waals surface area contributed by atoms with Crippen LogP contribution in [-0.4, -0.2) is 41.0 Å². The lowest BCUT2D eigenvalue weighted by Gasteiger charge is -2.31. The van der Waals surface area contributed by atoms with Crippen LogP contribution in [0.5, 0.6) is 5.88 Å². The number of ether oxygens (including phenoxy) is 1. The largest absolute Gasteiger partial charge is 0.480 e. The molecule has 1 fully saturated rings. The van der Waals surface area contributed by atoms with Gasteiger partial charge in [-0.3, -0.25) is 4.79 Å². The van der Waals surface area contributed by atoms with Gasteiger partial charge >= 0.3 is 0 Å². The van der Waals surface area contributed by atoms with E-state index in [-0.39, 0.29) is 17.6 Å². The van der Waals surface area contributed by atoms with E-state index in [9.17, 15) is 9.18 Å². The maximum absolute atomic E-state index is 13.9. The van der Waals surface area contributed by atoms with Crippen LogP contribution in [0.15, 0.2) is 53.2 Å². The van der Waals surface area contributed by atoms with Crippen LogP contribution >= 0.6 is 0 Å². The SMILES string of the molecule is COc1ncccc1C(=O)N1CCCC(c2ncc(Cc3ccccc3F)o2)C1. The smallest absolute Gasteiger partial charge is 0.259 e. The number of carbonyl (C=O) groups is 1. The van der Waals surface area contributed by atoms with Gasteiger partial charge in [0.05, 0.1) is 19.2 Å². The lowest BCUT2D eigenvalue weighted by Crippen LogP contribution is -2.39. The highest BCUT2D eigenvalue weighted by molar-refractivity contribution is 5.96. The summed E-state index contributed by atoms with van der Waals surface area (Å²) in [7, 11) is 1.50. The molecule has 6 nitrogen and oxygen atoms in total. The normalized spacial score (nSPS) is 16.6. The zero-order valence-corrected chi connectivity index (χ0v) is 16.2. The molecule has 0 bridgehead atoms. The van der Waals surface area contributed by atoms with E-state index in [2.05, 4.69) is 9.97 Å². The van der Waals surface area contributed by atoms with E-state index in [4.69, 9.17) is 9.15 Å². The minimum absolute atomic E-state index is 0.00439. The number of methoxy groups -OCH3 is 1. The number of oxazole rings is 1. The minimum Gasteiger partial charge on any atom is -0.480 e. The van der Waals surface area contributed by atoms with Gasteiger partial charge in [0.2, 0.25) is 5.88 Å². The number of carbonyl (C=O) groups excluding carboxylic acids is 1. The van der Waals surface area contributed by atoms with Gasteiger partial charge in [-0.05, 0) is 36.6 Å². The van der Waals surface area contributed by atoms with Gasteiger partial charge in [0.15, 0.2) is 5.89 Å². The summed E-state index contributed by atoms with van der Waals surface area (Å²) in [6.45, 7) is 1.17. The summed E-state index contributed by atoms with van der Waals surface area (Å²) < 4.78 is 25.0. The van der Waals surface area contributed by atoms with Crippen LogP contribution in [-0.2, 0) is 6.42 Å². The number of hydrogen-bond donors (Lipinski definition) is 0. The van der Waals surface area contributed by atoms with Crippen molar-refractivity contribution in [2.45, 2.75) is 25.2 Å². The Hall–Kier alpha value is -3.22. The lowest BCUT2D eigenvalue weighted by molar-refractivity contribution is 0.0693. The van der Waals surface area contributed by atoms with Crippen LogP contribution < -0.4 is 4.74 Å². The highest BCUT2D eigenvalue weighted by Gasteiger charge is 2.29. The second kappa shape index (κ2) is 8.43. The molecule has 0 radical (unpaired) electrons. The Morgan fingerprint density at radius 2 is 2.14 bits per heavy atom. The molecular formula is C22H22FN3O3. The van der Waals surface area contributed by atoms with Crippen molar-refractivity contribution in [2.24, 2.45) is 0 Å². The van der Waals surface area contributed by atoms with E-state index >= 15 is 0 Å². The van der Waals surface area contributed by atoms with Crippen molar-refractivity contribution in [3.8, 4) is 5.88 Å². The van der Waals surface area contributed by atoms with Crippen molar-refractivity contribution in [1.82, 2.24) is 14.9 Å². The van der Waals surface area contributed by atoms with E-state index in [1.165, 1.54) is 13.2 Å². The predicted octanol–water partition coefficient (Wildman–Crippen LogP) is 3.83. The van der Waals surface area contributed by atoms with Crippen LogP contribution in [0.4, 0.5) is 4.39 Å². The van der Waals surface area contributed by atoms with Gasteiger partial charge in [-0.2, -0.15) is 0 Å². The predicted molar refractivity (Wildman–Crippen MR) is 104 cm³/mol. The lowest BCUT2D eigenvalue weighted by atomic mass is 9.97. The molecule has 3 aromatic rings. The number of rotatable bonds is 5. The molecule has 1 saturated heterocycles. The van der Waals surface area contributed by atoms with E-state index in [0.717, 1.165) is 12.8 Å². The second-order valence-corrected chi connectivity index (χ2v) is 7.08. The number of aromatic nitrogens is 2. The fraction of sp³-hybridized carbons (Fsp3) is 0.318. The molecule has 1 atom stereocenters. The van der Waals surface area contributed by atoms with Crippen LogP contribution in [0.25, 0.3) is 0 Å². The van der Waals surface area contributed by atoms with Crippen LogP contribution in [0, 0.1) is 5.82 Å². The Bertz CT molecular complexity index is 1000. The van der Waals surface area contributed by atoms with Gasteiger partial charge in [-0.15, -0.1) is 0 Å². The highest BCUT2D eigenvalue weighted by atomic mass is 19.1. The maximum Gasteiger partial charge on any atom is 0.259 e. The second-order valence-electron chi connectivity index (χ2n) is 7.08. The quantitative estimate of drug-likeness (QED) is 0.657. The first-order chi connectivity index (χ1) is 14.2. The molecule has 2 aromatic heterocycles. The standard InChI is InChI=1S/C22H22FN3O3/c1-28-21-18(8-4-10-24-21)22(27)26-11-5-7-16(14-26)20-25-13-17(29-20)12-15-6-2-3-9-19(15)23/h2-4,6,8-10,13,16H,5,7,11-12,14H2,1H3. The van der Waals surface area contributed by atoms with Gasteiger partial charge < -0.3 is 14.1 Å². The summed E-state index contributed by atoms with van der Waals surface area (Å²) >= 11 is 0. The van der Waals surface area contributed by atoms with Gasteiger partial charge in [-0.1, -0.05) is 18.2 Å². The number of benzene rings is 1. The number of pyridine rings is 1. The molecule has 0 N–H and O–H groups in total. The average molecular weight is 395 g/mol. The summed E-state index contributed by atoms with van der Waals surface area (Å²) in [5.41, 5.74) is 1.02. The van der Waals surface area contributed by atoms with E-state index in [1.54, 1.807) is 47.6 Å². The molecule has 0 saturated carbocycles. The summed E-state index contributed by atoms with van der Waals surface area (Å²) in [6.07, 6.45) is 5.32. The Morgan fingerprint density at radius 1 is 1.28 bits per heavy atom. The third-order valence-electron chi connectivity index (χ3n) is 5.15. The monoisotopic (exact) mass is 395 g/mol. The summed E-state index contributed by atoms with van der Waals surface area (Å²) in [5.74, 6) is 1.16. The third kappa shape index (κ3) is 4.13. The Morgan fingerprint density at radius 3 is 2.97 bits per heavy atom. The molecule has 3 heterocycles. The van der Waals surface area contributed by atoms with Crippen LogP contribution in [0.2, 0.25) is 0 Å². The summed E-state index contributed by atoms with van der Waals surface area (Å²) in [5, 5.41) is 0. The number of nitrogens with zero attached hydrogens (tertiary/aromatic N) is 3. The fourth-order valence-corrected chi connectivity index (χ4v) is 3.67. The first-order valence-corrected chi connectivity index (χ1v) is 9.62. The van der Waals surface area contributed by atoms with Crippen LogP contribution in [0.1, 0.15) is 46.3 Å². The molecule has 1 aliphatic rings. The topological polar surface area (TPSA) is 68.5 Å². The molecule has 29 heavy (non-hydrogen) atoms. The number of halogens is 1. The van der Waals surface area contributed by atoms with E-state index in [0.29, 0.717) is 48.2 Å². The average Bonchev–Trinajstić information content (AvgIpc) is 3.23. The number of amides is 1. The number of likely N-dealkylation sites (tertiary alicyclic amines) is 1. The molecule has 0 aliphatic carbocycles. The molecule has 4 rings (SSSR count).